The van der Waals surface area contributed by atoms with E-state index < -0.39 is 41.6 Å². The third-order valence-corrected chi connectivity index (χ3v) is 8.66. The van der Waals surface area contributed by atoms with Crippen molar-refractivity contribution < 1.29 is 33.1 Å². The lowest BCUT2D eigenvalue weighted by Gasteiger charge is -2.32. The normalized spacial score (nSPS) is 15.6. The van der Waals surface area contributed by atoms with Gasteiger partial charge in [0.2, 0.25) is 5.91 Å². The first-order valence-corrected chi connectivity index (χ1v) is 16.2. The Balaban J connectivity index is 1.36. The Labute approximate surface area is 288 Å². The number of imide groups is 1. The van der Waals surface area contributed by atoms with E-state index >= 15 is 0 Å². The lowest BCUT2D eigenvalue weighted by Crippen LogP contribution is -2.42. The molecule has 0 radical (unpaired) electrons. The van der Waals surface area contributed by atoms with Crippen molar-refractivity contribution in [2.75, 3.05) is 11.9 Å². The van der Waals surface area contributed by atoms with Crippen LogP contribution in [-0.2, 0) is 16.1 Å². The number of hydrogen-bond donors (Lipinski definition) is 2. The van der Waals surface area contributed by atoms with E-state index in [0.29, 0.717) is 29.2 Å². The van der Waals surface area contributed by atoms with Crippen molar-refractivity contribution in [2.45, 2.75) is 31.5 Å². The Kier molecular flexibility index (Phi) is 10.8. The van der Waals surface area contributed by atoms with Crippen molar-refractivity contribution in [1.82, 2.24) is 4.90 Å². The van der Waals surface area contributed by atoms with E-state index in [2.05, 4.69) is 10.5 Å². The molecule has 3 atom stereocenters. The van der Waals surface area contributed by atoms with Gasteiger partial charge in [-0.25, -0.2) is 18.5 Å². The molecule has 2 N–H and O–H groups in total. The van der Waals surface area contributed by atoms with E-state index in [-0.39, 0.29) is 25.2 Å². The van der Waals surface area contributed by atoms with Gasteiger partial charge < -0.3 is 20.0 Å². The number of anilines is 1. The van der Waals surface area contributed by atoms with Gasteiger partial charge in [0.25, 0.3) is 0 Å². The summed E-state index contributed by atoms with van der Waals surface area (Å²) in [7, 11) is 0. The van der Waals surface area contributed by atoms with Crippen LogP contribution in [0.25, 0.3) is 0 Å². The summed E-state index contributed by atoms with van der Waals surface area (Å²) in [4.78, 5) is 29.1. The molecule has 0 aliphatic carbocycles. The molecule has 1 heterocycles. The highest BCUT2D eigenvalue weighted by molar-refractivity contribution is 6.01. The predicted molar refractivity (Wildman–Crippen MR) is 185 cm³/mol. The molecule has 1 aliphatic rings. The van der Waals surface area contributed by atoms with Gasteiger partial charge in [0.05, 0.1) is 17.7 Å². The molecule has 1 fully saturated rings. The molecule has 6 rings (SSSR count). The van der Waals surface area contributed by atoms with Crippen molar-refractivity contribution >= 4 is 23.4 Å². The quantitative estimate of drug-likeness (QED) is 0.0736. The molecule has 50 heavy (non-hydrogen) atoms. The number of nitrogens with zero attached hydrogens (tertiary/aromatic N) is 2. The first kappa shape index (κ1) is 33.9. The van der Waals surface area contributed by atoms with Crippen molar-refractivity contribution in [1.29, 1.82) is 0 Å². The summed E-state index contributed by atoms with van der Waals surface area (Å²) >= 11 is 0. The van der Waals surface area contributed by atoms with Crippen LogP contribution >= 0.6 is 0 Å². The summed E-state index contributed by atoms with van der Waals surface area (Å²) in [5.74, 6) is -1.71. The van der Waals surface area contributed by atoms with E-state index in [1.807, 2.05) is 72.8 Å². The average Bonchev–Trinajstić information content (AvgIpc) is 3.55. The summed E-state index contributed by atoms with van der Waals surface area (Å²) in [6.07, 6.45) is -0.572. The zero-order chi connectivity index (χ0) is 34.9. The monoisotopic (exact) mass is 675 g/mol. The van der Waals surface area contributed by atoms with Crippen LogP contribution in [0.15, 0.2) is 139 Å². The number of halogens is 2. The van der Waals surface area contributed by atoms with E-state index in [0.717, 1.165) is 16.0 Å². The number of nitrogens with one attached hydrogen (secondary N) is 1. The van der Waals surface area contributed by atoms with E-state index in [1.165, 1.54) is 36.4 Å². The highest BCUT2D eigenvalue weighted by atomic mass is 19.1. The van der Waals surface area contributed by atoms with Gasteiger partial charge in [0.1, 0.15) is 36.6 Å². The van der Waals surface area contributed by atoms with Crippen molar-refractivity contribution in [3.8, 4) is 5.75 Å². The molecule has 0 unspecified atom stereocenters. The molecule has 0 spiro atoms. The summed E-state index contributed by atoms with van der Waals surface area (Å²) in [5.41, 5.74) is 3.68. The van der Waals surface area contributed by atoms with Crippen LogP contribution < -0.4 is 10.1 Å². The van der Waals surface area contributed by atoms with Gasteiger partial charge in [-0.1, -0.05) is 90.1 Å². The summed E-state index contributed by atoms with van der Waals surface area (Å²) in [6.45, 7) is 0.354. The number of hydrogen-bond acceptors (Lipinski definition) is 7. The number of benzene rings is 5. The fourth-order valence-corrected chi connectivity index (χ4v) is 6.04. The number of oxime groups is 1. The van der Waals surface area contributed by atoms with Crippen molar-refractivity contribution in [2.24, 2.45) is 11.1 Å². The Morgan fingerprint density at radius 1 is 0.860 bits per heavy atom. The summed E-state index contributed by atoms with van der Waals surface area (Å²) < 4.78 is 39.1. The van der Waals surface area contributed by atoms with Crippen molar-refractivity contribution in [3.05, 3.63) is 167 Å². The second-order valence-corrected chi connectivity index (χ2v) is 11.9. The third kappa shape index (κ3) is 8.15. The molecule has 0 bridgehead atoms. The number of ether oxygens (including phenoxy) is 2. The fraction of sp³-hybridized carbons (Fsp3) is 0.175. The molecule has 0 saturated carbocycles. The molecule has 10 heteroatoms. The molecule has 0 aromatic heterocycles. The highest BCUT2D eigenvalue weighted by Crippen LogP contribution is 2.37. The van der Waals surface area contributed by atoms with Crippen LogP contribution in [0, 0.1) is 17.6 Å². The van der Waals surface area contributed by atoms with Crippen molar-refractivity contribution in [3.63, 3.8) is 0 Å². The maximum absolute atomic E-state index is 14.8. The molecule has 5 aromatic rings. The standard InChI is InChI=1S/C40H35F2N3O5/c41-31-15-11-28(12-16-31)36(44-48)24-23-35(39(46)45-37(26-50-40(45)47)29-9-5-2-6-10-29)38(43-33-19-17-32(42)18-20-33)30-13-21-34(22-14-30)49-25-27-7-3-1-4-8-27/h1-22,35,37-38,43,48H,23-26H2/b44-36-/t35-,37+,38+/m0/s1. The highest BCUT2D eigenvalue weighted by Gasteiger charge is 2.44. The first-order valence-electron chi connectivity index (χ1n) is 16.2. The maximum atomic E-state index is 14.8. The Bertz CT molecular complexity index is 1910. The maximum Gasteiger partial charge on any atom is 0.417 e. The molecule has 5 aromatic carbocycles. The molecular formula is C40H35F2N3O5. The van der Waals surface area contributed by atoms with E-state index in [1.54, 1.807) is 24.3 Å². The number of amides is 2. The lowest BCUT2D eigenvalue weighted by atomic mass is 9.85. The Morgan fingerprint density at radius 2 is 1.48 bits per heavy atom. The molecule has 2 amide bonds. The minimum atomic E-state index is -0.940. The van der Waals surface area contributed by atoms with Gasteiger partial charge in [0.15, 0.2) is 0 Å². The topological polar surface area (TPSA) is 100 Å². The molecule has 8 nitrogen and oxygen atoms in total. The Morgan fingerprint density at radius 3 is 2.12 bits per heavy atom. The largest absolute Gasteiger partial charge is 0.489 e. The van der Waals surface area contributed by atoms with Crippen LogP contribution in [-0.4, -0.2) is 34.4 Å². The minimum Gasteiger partial charge on any atom is -0.489 e. The first-order chi connectivity index (χ1) is 24.4. The SMILES string of the molecule is O=C1OC[C@H](c2ccccc2)N1C(=O)[C@@H](CC/C(=N/O)c1ccc(F)cc1)[C@H](Nc1ccc(F)cc1)c1ccc(OCc2ccccc2)cc1. The van der Waals surface area contributed by atoms with Gasteiger partial charge in [-0.05, 0) is 83.6 Å². The number of rotatable bonds is 13. The number of cyclic esters (lactones) is 1. The second-order valence-electron chi connectivity index (χ2n) is 11.9. The van der Waals surface area contributed by atoms with Gasteiger partial charge in [-0.3, -0.25) is 4.79 Å². The molecular weight excluding hydrogens is 640 g/mol. The third-order valence-electron chi connectivity index (χ3n) is 8.66. The molecule has 254 valence electrons. The Hall–Kier alpha value is -6.03. The van der Waals surface area contributed by atoms with E-state index in [9.17, 15) is 23.6 Å². The van der Waals surface area contributed by atoms with Gasteiger partial charge in [0, 0.05) is 5.69 Å². The van der Waals surface area contributed by atoms with Crippen LogP contribution in [0.5, 0.6) is 5.75 Å². The zero-order valence-corrected chi connectivity index (χ0v) is 27.0. The second kappa shape index (κ2) is 15.9. The van der Waals surface area contributed by atoms with Gasteiger partial charge >= 0.3 is 6.09 Å². The smallest absolute Gasteiger partial charge is 0.417 e. The minimum absolute atomic E-state index is 0.0102. The lowest BCUT2D eigenvalue weighted by molar-refractivity contribution is -0.134. The predicted octanol–water partition coefficient (Wildman–Crippen LogP) is 8.69. The molecule has 1 aliphatic heterocycles. The van der Waals surface area contributed by atoms with Crippen LogP contribution in [0.2, 0.25) is 0 Å². The van der Waals surface area contributed by atoms with Crippen LogP contribution in [0.3, 0.4) is 0 Å². The van der Waals surface area contributed by atoms with E-state index in [4.69, 9.17) is 9.47 Å². The number of carbonyl (C=O) groups excluding carboxylic acids is 2. The van der Waals surface area contributed by atoms with Crippen LogP contribution in [0.4, 0.5) is 19.3 Å². The average molecular weight is 676 g/mol. The van der Waals surface area contributed by atoms with Gasteiger partial charge in [-0.15, -0.1) is 0 Å². The zero-order valence-electron chi connectivity index (χ0n) is 27.0. The number of carbonyl (C=O) groups is 2. The van der Waals surface area contributed by atoms with Crippen LogP contribution in [0.1, 0.15) is 47.2 Å². The molecule has 1 saturated heterocycles. The van der Waals surface area contributed by atoms with Gasteiger partial charge in [-0.2, -0.15) is 0 Å². The fourth-order valence-electron chi connectivity index (χ4n) is 6.04. The summed E-state index contributed by atoms with van der Waals surface area (Å²) in [6, 6.07) is 36.0. The summed E-state index contributed by atoms with van der Waals surface area (Å²) in [5, 5.41) is 16.9.